The number of aliphatic hydroxyl groups is 1. The molecule has 0 radical (unpaired) electrons. The maximum atomic E-state index is 11.0. The molecular weight excluding hydrogens is 276 g/mol. The molecular formula is C18H20N2O2. The van der Waals surface area contributed by atoms with Gasteiger partial charge in [-0.15, -0.1) is 0 Å². The second kappa shape index (κ2) is 6.73. The number of carbonyl (C=O) groups is 1. The Morgan fingerprint density at radius 3 is 2.41 bits per heavy atom. The molecule has 2 aliphatic rings. The third-order valence-electron chi connectivity index (χ3n) is 4.10. The van der Waals surface area contributed by atoms with Gasteiger partial charge in [0, 0.05) is 17.7 Å². The van der Waals surface area contributed by atoms with Crippen LogP contribution in [0, 0.1) is 0 Å². The summed E-state index contributed by atoms with van der Waals surface area (Å²) in [6.07, 6.45) is 0.475. The number of aliphatic hydroxyl groups excluding tert-OH is 1. The van der Waals surface area contributed by atoms with Crippen LogP contribution >= 0.6 is 0 Å². The van der Waals surface area contributed by atoms with Crippen LogP contribution in [0.25, 0.3) is 0 Å². The van der Waals surface area contributed by atoms with Gasteiger partial charge in [0.2, 0.25) is 0 Å². The first-order chi connectivity index (χ1) is 10.8. The maximum Gasteiger partial charge on any atom is 0.253 e. The Hall–Kier alpha value is -2.17. The van der Waals surface area contributed by atoms with Gasteiger partial charge < -0.3 is 15.7 Å². The highest BCUT2D eigenvalue weighted by Crippen LogP contribution is 2.22. The Bertz CT molecular complexity index is 637. The van der Waals surface area contributed by atoms with E-state index in [1.807, 2.05) is 0 Å². The molecule has 0 saturated carbocycles. The van der Waals surface area contributed by atoms with Gasteiger partial charge in [-0.3, -0.25) is 4.79 Å². The van der Waals surface area contributed by atoms with Crippen LogP contribution in [-0.4, -0.2) is 24.1 Å². The Labute approximate surface area is 130 Å². The lowest BCUT2D eigenvalue weighted by Crippen LogP contribution is -2.17. The smallest absolute Gasteiger partial charge is 0.253 e. The third kappa shape index (κ3) is 3.18. The van der Waals surface area contributed by atoms with Crippen molar-refractivity contribution in [3.05, 3.63) is 71.3 Å². The fourth-order valence-corrected chi connectivity index (χ4v) is 2.89. The van der Waals surface area contributed by atoms with Crippen molar-refractivity contribution in [3.63, 3.8) is 0 Å². The lowest BCUT2D eigenvalue weighted by molar-refractivity contribution is 0.0850. The van der Waals surface area contributed by atoms with E-state index in [2.05, 4.69) is 41.0 Å². The molecule has 114 valence electrons. The largest absolute Gasteiger partial charge is 0.369 e. The van der Waals surface area contributed by atoms with Crippen molar-refractivity contribution in [3.8, 4) is 0 Å². The van der Waals surface area contributed by atoms with Crippen LogP contribution in [0.3, 0.4) is 0 Å². The normalized spacial score (nSPS) is 22.5. The fourth-order valence-electron chi connectivity index (χ4n) is 2.89. The molecule has 3 N–H and O–H groups in total. The van der Waals surface area contributed by atoms with Crippen molar-refractivity contribution >= 4 is 5.91 Å². The number of nitrogens with one attached hydrogen (secondary N) is 2. The monoisotopic (exact) mass is 296 g/mol. The van der Waals surface area contributed by atoms with Crippen molar-refractivity contribution in [2.24, 2.45) is 0 Å². The predicted molar refractivity (Wildman–Crippen MR) is 85.5 cm³/mol. The van der Waals surface area contributed by atoms with Gasteiger partial charge in [0.15, 0.2) is 6.23 Å². The first-order valence-corrected chi connectivity index (χ1v) is 7.59. The van der Waals surface area contributed by atoms with Crippen LogP contribution in [0.2, 0.25) is 0 Å². The number of fused-ring (bicyclic) bond motifs is 1. The molecule has 1 amide bonds. The van der Waals surface area contributed by atoms with Crippen molar-refractivity contribution in [2.45, 2.75) is 18.6 Å². The Morgan fingerprint density at radius 2 is 1.73 bits per heavy atom. The first kappa shape index (κ1) is 14.8. The molecule has 2 atom stereocenters. The van der Waals surface area contributed by atoms with E-state index in [1.54, 1.807) is 24.3 Å². The molecule has 22 heavy (non-hydrogen) atoms. The molecule has 2 unspecified atom stereocenters. The van der Waals surface area contributed by atoms with E-state index in [4.69, 9.17) is 0 Å². The molecule has 0 bridgehead atoms. The molecule has 0 spiro atoms. The molecule has 2 heterocycles. The Balaban J connectivity index is 0.000000131. The number of hydrogen-bond acceptors (Lipinski definition) is 3. The van der Waals surface area contributed by atoms with E-state index >= 15 is 0 Å². The number of amides is 1. The summed E-state index contributed by atoms with van der Waals surface area (Å²) in [4.78, 5) is 11.0. The van der Waals surface area contributed by atoms with Crippen LogP contribution in [0.1, 0.15) is 40.1 Å². The number of rotatable bonds is 1. The van der Waals surface area contributed by atoms with Gasteiger partial charge in [-0.1, -0.05) is 48.5 Å². The summed E-state index contributed by atoms with van der Waals surface area (Å²) in [5.41, 5.74) is 2.72. The summed E-state index contributed by atoms with van der Waals surface area (Å²) in [6.45, 7) is 2.34. The molecule has 4 nitrogen and oxygen atoms in total. The van der Waals surface area contributed by atoms with E-state index in [0.717, 1.165) is 12.5 Å². The molecule has 2 aliphatic heterocycles. The minimum Gasteiger partial charge on any atom is -0.369 e. The third-order valence-corrected chi connectivity index (χ3v) is 4.10. The summed E-state index contributed by atoms with van der Waals surface area (Å²) in [5.74, 6) is 0.560. The molecule has 2 aromatic carbocycles. The molecule has 1 fully saturated rings. The van der Waals surface area contributed by atoms with E-state index in [-0.39, 0.29) is 5.91 Å². The van der Waals surface area contributed by atoms with Crippen LogP contribution in [0.15, 0.2) is 54.6 Å². The van der Waals surface area contributed by atoms with E-state index < -0.39 is 6.23 Å². The molecule has 1 saturated heterocycles. The highest BCUT2D eigenvalue weighted by molar-refractivity contribution is 5.98. The SMILES string of the molecule is O=C1NC(O)c2ccccc21.c1ccc(C2CCNC2)cc1. The van der Waals surface area contributed by atoms with Crippen molar-refractivity contribution < 1.29 is 9.90 Å². The first-order valence-electron chi connectivity index (χ1n) is 7.59. The second-order valence-electron chi connectivity index (χ2n) is 5.56. The highest BCUT2D eigenvalue weighted by atomic mass is 16.3. The highest BCUT2D eigenvalue weighted by Gasteiger charge is 2.25. The zero-order valence-corrected chi connectivity index (χ0v) is 12.3. The quantitative estimate of drug-likeness (QED) is 0.756. The fraction of sp³-hybridized carbons (Fsp3) is 0.278. The average Bonchev–Trinajstić information content (AvgIpc) is 3.19. The zero-order chi connectivity index (χ0) is 15.4. The van der Waals surface area contributed by atoms with Gasteiger partial charge in [0.1, 0.15) is 0 Å². The van der Waals surface area contributed by atoms with Crippen LogP contribution in [0.5, 0.6) is 0 Å². The number of hydrogen-bond donors (Lipinski definition) is 3. The van der Waals surface area contributed by atoms with Gasteiger partial charge in [-0.25, -0.2) is 0 Å². The summed E-state index contributed by atoms with van der Waals surface area (Å²) < 4.78 is 0. The standard InChI is InChI=1S/C10H13N.C8H7NO2/c1-2-4-9(5-3-1)10-6-7-11-8-10;10-7-5-3-1-2-4-6(5)8(11)9-7/h1-5,10-11H,6-8H2;1-4,7,10H,(H,9,11). The molecule has 4 rings (SSSR count). The lowest BCUT2D eigenvalue weighted by Gasteiger charge is -2.06. The van der Waals surface area contributed by atoms with E-state index in [0.29, 0.717) is 11.1 Å². The molecule has 0 aromatic heterocycles. The zero-order valence-electron chi connectivity index (χ0n) is 12.3. The predicted octanol–water partition coefficient (Wildman–Crippen LogP) is 2.18. The molecule has 0 aliphatic carbocycles. The van der Waals surface area contributed by atoms with Gasteiger partial charge in [-0.2, -0.15) is 0 Å². The Kier molecular flexibility index (Phi) is 4.51. The summed E-state index contributed by atoms with van der Waals surface area (Å²) >= 11 is 0. The minimum atomic E-state index is -0.821. The van der Waals surface area contributed by atoms with Crippen molar-refractivity contribution in [2.75, 3.05) is 13.1 Å². The van der Waals surface area contributed by atoms with E-state index in [9.17, 15) is 9.90 Å². The number of carbonyl (C=O) groups excluding carboxylic acids is 1. The lowest BCUT2D eigenvalue weighted by atomic mass is 9.99. The summed E-state index contributed by atoms with van der Waals surface area (Å²) in [7, 11) is 0. The van der Waals surface area contributed by atoms with Crippen LogP contribution in [0.4, 0.5) is 0 Å². The van der Waals surface area contributed by atoms with Crippen molar-refractivity contribution in [1.82, 2.24) is 10.6 Å². The topological polar surface area (TPSA) is 61.4 Å². The van der Waals surface area contributed by atoms with Gasteiger partial charge in [-0.05, 0) is 30.5 Å². The second-order valence-corrected chi connectivity index (χ2v) is 5.56. The number of benzene rings is 2. The van der Waals surface area contributed by atoms with Gasteiger partial charge >= 0.3 is 0 Å². The molecule has 4 heteroatoms. The van der Waals surface area contributed by atoms with Crippen LogP contribution in [-0.2, 0) is 0 Å². The van der Waals surface area contributed by atoms with E-state index in [1.165, 1.54) is 18.5 Å². The molecule has 2 aromatic rings. The van der Waals surface area contributed by atoms with Crippen LogP contribution < -0.4 is 10.6 Å². The summed E-state index contributed by atoms with van der Waals surface area (Å²) in [5, 5.41) is 15.0. The van der Waals surface area contributed by atoms with Crippen molar-refractivity contribution in [1.29, 1.82) is 0 Å². The average molecular weight is 296 g/mol. The Morgan fingerprint density at radius 1 is 1.00 bits per heavy atom. The minimum absolute atomic E-state index is 0.201. The summed E-state index contributed by atoms with van der Waals surface area (Å²) in [6, 6.07) is 17.8. The van der Waals surface area contributed by atoms with Gasteiger partial charge in [0.05, 0.1) is 0 Å². The van der Waals surface area contributed by atoms with Gasteiger partial charge in [0.25, 0.3) is 5.91 Å². The maximum absolute atomic E-state index is 11.0.